The highest BCUT2D eigenvalue weighted by Crippen LogP contribution is 2.19. The maximum atomic E-state index is 3.57. The van der Waals surface area contributed by atoms with Crippen LogP contribution < -0.4 is 5.32 Å². The molecular weight excluding hydrogens is 182 g/mol. The fraction of sp³-hybridized carbons (Fsp3) is 0.571. The van der Waals surface area contributed by atoms with E-state index in [-0.39, 0.29) is 1.43 Å². The van der Waals surface area contributed by atoms with Gasteiger partial charge in [-0.3, -0.25) is 0 Å². The molecule has 1 aromatic rings. The summed E-state index contributed by atoms with van der Waals surface area (Å²) in [6.07, 6.45) is 1.19. The van der Waals surface area contributed by atoms with Gasteiger partial charge in [0.2, 0.25) is 0 Å². The van der Waals surface area contributed by atoms with Crippen LogP contribution in [0, 0.1) is 5.92 Å². The Labute approximate surface area is 95.4 Å². The van der Waals surface area contributed by atoms with Gasteiger partial charge in [0.1, 0.15) is 0 Å². The normalized spacial score (nSPS) is 19.1. The van der Waals surface area contributed by atoms with Crippen molar-refractivity contribution in [2.45, 2.75) is 46.7 Å². The van der Waals surface area contributed by atoms with E-state index < -0.39 is 0 Å². The Morgan fingerprint density at radius 2 is 1.80 bits per heavy atom. The van der Waals surface area contributed by atoms with Crippen LogP contribution in [0.2, 0.25) is 0 Å². The molecule has 1 atom stereocenters. The van der Waals surface area contributed by atoms with Gasteiger partial charge in [0.15, 0.2) is 0 Å². The molecule has 1 nitrogen and oxygen atoms in total. The molecule has 86 valence electrons. The lowest BCUT2D eigenvalue weighted by Gasteiger charge is -2.28. The van der Waals surface area contributed by atoms with Crippen molar-refractivity contribution in [3.63, 3.8) is 0 Å². The minimum absolute atomic E-state index is 0. The standard InChI is InChI=1S/C12H17N.C2H6.H2/c1-9(2)12-7-10-5-3-4-6-11(10)8-13-12;1-2;/h3-6,9,12-13H,7-8H2,1-2H3;1-2H3;1H/t12-;;/m1../s1. The molecule has 0 amide bonds. The minimum Gasteiger partial charge on any atom is -0.309 e. The fourth-order valence-electron chi connectivity index (χ4n) is 1.95. The lowest BCUT2D eigenvalue weighted by molar-refractivity contribution is 0.377. The molecule has 0 fully saturated rings. The van der Waals surface area contributed by atoms with Crippen LogP contribution in [0.3, 0.4) is 0 Å². The Hall–Kier alpha value is -0.820. The van der Waals surface area contributed by atoms with Crippen LogP contribution in [0.25, 0.3) is 0 Å². The Morgan fingerprint density at radius 3 is 2.40 bits per heavy atom. The van der Waals surface area contributed by atoms with E-state index in [1.54, 1.807) is 0 Å². The second kappa shape index (κ2) is 5.92. The average molecular weight is 207 g/mol. The third-order valence-corrected chi connectivity index (χ3v) is 2.92. The van der Waals surface area contributed by atoms with Crippen molar-refractivity contribution in [1.82, 2.24) is 5.32 Å². The van der Waals surface area contributed by atoms with Crippen LogP contribution in [0.15, 0.2) is 24.3 Å². The fourth-order valence-corrected chi connectivity index (χ4v) is 1.95. The molecule has 0 saturated heterocycles. The number of fused-ring (bicyclic) bond motifs is 1. The van der Waals surface area contributed by atoms with Crippen LogP contribution in [-0.2, 0) is 13.0 Å². The number of hydrogen-bond acceptors (Lipinski definition) is 1. The van der Waals surface area contributed by atoms with Crippen LogP contribution >= 0.6 is 0 Å². The molecular formula is C14H25N. The molecule has 0 saturated carbocycles. The lowest BCUT2D eigenvalue weighted by atomic mass is 9.90. The summed E-state index contributed by atoms with van der Waals surface area (Å²) in [6, 6.07) is 9.40. The van der Waals surface area contributed by atoms with E-state index in [0.29, 0.717) is 6.04 Å². The molecule has 15 heavy (non-hydrogen) atoms. The zero-order valence-corrected chi connectivity index (χ0v) is 10.4. The van der Waals surface area contributed by atoms with Crippen LogP contribution in [0.1, 0.15) is 40.2 Å². The third kappa shape index (κ3) is 3.07. The van der Waals surface area contributed by atoms with Gasteiger partial charge in [0.25, 0.3) is 0 Å². The molecule has 0 aromatic heterocycles. The van der Waals surface area contributed by atoms with Crippen LogP contribution in [0.4, 0.5) is 0 Å². The first-order chi connectivity index (χ1) is 7.27. The van der Waals surface area contributed by atoms with Gasteiger partial charge in [0, 0.05) is 14.0 Å². The number of benzene rings is 1. The van der Waals surface area contributed by atoms with Crippen molar-refractivity contribution in [2.75, 3.05) is 0 Å². The Kier molecular flexibility index (Phi) is 4.83. The maximum absolute atomic E-state index is 3.57. The molecule has 0 aliphatic carbocycles. The van der Waals surface area contributed by atoms with Gasteiger partial charge >= 0.3 is 0 Å². The number of hydrogen-bond donors (Lipinski definition) is 1. The topological polar surface area (TPSA) is 12.0 Å². The van der Waals surface area contributed by atoms with Gasteiger partial charge in [-0.05, 0) is 23.5 Å². The first-order valence-corrected chi connectivity index (χ1v) is 6.07. The Balaban J connectivity index is 0.000000711. The summed E-state index contributed by atoms with van der Waals surface area (Å²) in [4.78, 5) is 0. The molecule has 1 heterocycles. The monoisotopic (exact) mass is 207 g/mol. The quantitative estimate of drug-likeness (QED) is 0.741. The summed E-state index contributed by atoms with van der Waals surface area (Å²) >= 11 is 0. The zero-order chi connectivity index (χ0) is 11.3. The van der Waals surface area contributed by atoms with Gasteiger partial charge in [-0.25, -0.2) is 0 Å². The van der Waals surface area contributed by atoms with Crippen molar-refractivity contribution in [3.8, 4) is 0 Å². The molecule has 1 heteroatoms. The second-order valence-corrected chi connectivity index (χ2v) is 4.20. The van der Waals surface area contributed by atoms with E-state index >= 15 is 0 Å². The zero-order valence-electron chi connectivity index (χ0n) is 10.4. The van der Waals surface area contributed by atoms with Gasteiger partial charge < -0.3 is 5.32 Å². The van der Waals surface area contributed by atoms with Crippen LogP contribution in [0.5, 0.6) is 0 Å². The average Bonchev–Trinajstić information content (AvgIpc) is 2.31. The molecule has 0 bridgehead atoms. The molecule has 1 N–H and O–H groups in total. The minimum atomic E-state index is 0. The second-order valence-electron chi connectivity index (χ2n) is 4.20. The number of rotatable bonds is 1. The van der Waals surface area contributed by atoms with Crippen molar-refractivity contribution >= 4 is 0 Å². The highest BCUT2D eigenvalue weighted by molar-refractivity contribution is 5.29. The van der Waals surface area contributed by atoms with E-state index in [1.165, 1.54) is 17.5 Å². The summed E-state index contributed by atoms with van der Waals surface area (Å²) < 4.78 is 0. The molecule has 1 aliphatic rings. The van der Waals surface area contributed by atoms with E-state index in [2.05, 4.69) is 43.4 Å². The first kappa shape index (κ1) is 12.3. The summed E-state index contributed by atoms with van der Waals surface area (Å²) in [6.45, 7) is 9.61. The highest BCUT2D eigenvalue weighted by Gasteiger charge is 2.19. The predicted octanol–water partition coefficient (Wildman–Crippen LogP) is 3.63. The maximum Gasteiger partial charge on any atom is 0.0211 e. The van der Waals surface area contributed by atoms with Crippen molar-refractivity contribution in [3.05, 3.63) is 35.4 Å². The third-order valence-electron chi connectivity index (χ3n) is 2.92. The summed E-state index contributed by atoms with van der Waals surface area (Å²) in [5.74, 6) is 0.730. The predicted molar refractivity (Wildman–Crippen MR) is 69.1 cm³/mol. The summed E-state index contributed by atoms with van der Waals surface area (Å²) in [5, 5.41) is 3.57. The highest BCUT2D eigenvalue weighted by atomic mass is 14.9. The Morgan fingerprint density at radius 1 is 1.20 bits per heavy atom. The summed E-state index contributed by atoms with van der Waals surface area (Å²) in [5.41, 5.74) is 3.00. The van der Waals surface area contributed by atoms with Crippen molar-refractivity contribution in [2.24, 2.45) is 5.92 Å². The lowest BCUT2D eigenvalue weighted by Crippen LogP contribution is -2.39. The van der Waals surface area contributed by atoms with E-state index in [0.717, 1.165) is 12.5 Å². The van der Waals surface area contributed by atoms with E-state index in [4.69, 9.17) is 0 Å². The van der Waals surface area contributed by atoms with E-state index in [1.807, 2.05) is 13.8 Å². The largest absolute Gasteiger partial charge is 0.309 e. The molecule has 1 aromatic carbocycles. The van der Waals surface area contributed by atoms with Crippen LogP contribution in [-0.4, -0.2) is 6.04 Å². The molecule has 0 radical (unpaired) electrons. The smallest absolute Gasteiger partial charge is 0.0211 e. The SMILES string of the molecule is CC.CC(C)[C@H]1Cc2ccccc2CN1.[HH]. The van der Waals surface area contributed by atoms with E-state index in [9.17, 15) is 0 Å². The first-order valence-electron chi connectivity index (χ1n) is 6.07. The molecule has 1 aliphatic heterocycles. The number of nitrogens with one attached hydrogen (secondary N) is 1. The van der Waals surface area contributed by atoms with Gasteiger partial charge in [-0.2, -0.15) is 0 Å². The van der Waals surface area contributed by atoms with Crippen molar-refractivity contribution < 1.29 is 1.43 Å². The van der Waals surface area contributed by atoms with Gasteiger partial charge in [0.05, 0.1) is 0 Å². The molecule has 2 rings (SSSR count). The van der Waals surface area contributed by atoms with Crippen molar-refractivity contribution in [1.29, 1.82) is 0 Å². The van der Waals surface area contributed by atoms with Gasteiger partial charge in [-0.15, -0.1) is 0 Å². The summed E-state index contributed by atoms with van der Waals surface area (Å²) in [7, 11) is 0. The molecule has 0 spiro atoms. The molecule has 0 unspecified atom stereocenters. The Bertz CT molecular complexity index is 297. The van der Waals surface area contributed by atoms with Gasteiger partial charge in [-0.1, -0.05) is 52.0 Å².